The number of hydrogen-bond donors (Lipinski definition) is 1. The van der Waals surface area contributed by atoms with Crippen LogP contribution in [0.15, 0.2) is 71.6 Å². The second-order valence-electron chi connectivity index (χ2n) is 8.56. The van der Waals surface area contributed by atoms with E-state index in [1.165, 1.54) is 36.2 Å². The minimum Gasteiger partial charge on any atom is -0.357 e. The Labute approximate surface area is 238 Å². The molecule has 3 aromatic carbocycles. The van der Waals surface area contributed by atoms with Gasteiger partial charge in [0.25, 0.3) is 10.0 Å². The molecule has 0 aliphatic heterocycles. The molecule has 0 saturated carbocycles. The van der Waals surface area contributed by atoms with Crippen molar-refractivity contribution >= 4 is 62.3 Å². The molecule has 0 radical (unpaired) electrons. The first-order valence-corrected chi connectivity index (χ1v) is 14.4. The first-order valence-electron chi connectivity index (χ1n) is 11.8. The van der Waals surface area contributed by atoms with E-state index in [4.69, 9.17) is 34.8 Å². The van der Waals surface area contributed by atoms with Gasteiger partial charge in [0.15, 0.2) is 0 Å². The molecule has 1 atom stereocenters. The Hall–Kier alpha value is -2.78. The summed E-state index contributed by atoms with van der Waals surface area (Å²) >= 11 is 18.2. The Morgan fingerprint density at radius 1 is 0.947 bits per heavy atom. The van der Waals surface area contributed by atoms with Crippen molar-refractivity contribution in [2.24, 2.45) is 0 Å². The number of amides is 2. The van der Waals surface area contributed by atoms with Crippen LogP contribution in [0.5, 0.6) is 0 Å². The van der Waals surface area contributed by atoms with Crippen LogP contribution in [0, 0.1) is 6.92 Å². The summed E-state index contributed by atoms with van der Waals surface area (Å²) in [6, 6.07) is 16.7. The zero-order valence-corrected chi connectivity index (χ0v) is 24.2. The third-order valence-electron chi connectivity index (χ3n) is 6.03. The molecule has 0 spiro atoms. The summed E-state index contributed by atoms with van der Waals surface area (Å²) in [6.07, 6.45) is 0.307. The van der Waals surface area contributed by atoms with Gasteiger partial charge in [-0.25, -0.2) is 8.42 Å². The van der Waals surface area contributed by atoms with Gasteiger partial charge in [-0.15, -0.1) is 0 Å². The van der Waals surface area contributed by atoms with Gasteiger partial charge >= 0.3 is 0 Å². The van der Waals surface area contributed by atoms with Gasteiger partial charge in [-0.1, -0.05) is 66.0 Å². The fourth-order valence-corrected chi connectivity index (χ4v) is 5.94. The quantitative estimate of drug-likeness (QED) is 0.325. The zero-order chi connectivity index (χ0) is 28.0. The average Bonchev–Trinajstić information content (AvgIpc) is 2.89. The van der Waals surface area contributed by atoms with E-state index in [2.05, 4.69) is 5.32 Å². The number of para-hydroxylation sites is 1. The number of aryl methyl sites for hydroxylation is 1. The number of likely N-dealkylation sites (N-methyl/N-ethyl adjacent to an activating group) is 1. The number of carbonyl (C=O) groups excluding carboxylic acids is 2. The van der Waals surface area contributed by atoms with Gasteiger partial charge < -0.3 is 10.2 Å². The summed E-state index contributed by atoms with van der Waals surface area (Å²) < 4.78 is 28.7. The molecule has 2 amide bonds. The highest BCUT2D eigenvalue weighted by Crippen LogP contribution is 2.29. The van der Waals surface area contributed by atoms with Crippen molar-refractivity contribution in [2.75, 3.05) is 17.9 Å². The predicted molar refractivity (Wildman–Crippen MR) is 152 cm³/mol. The van der Waals surface area contributed by atoms with Crippen LogP contribution in [0.3, 0.4) is 0 Å². The van der Waals surface area contributed by atoms with Crippen molar-refractivity contribution < 1.29 is 18.0 Å². The zero-order valence-electron chi connectivity index (χ0n) is 21.1. The number of benzene rings is 3. The van der Waals surface area contributed by atoms with E-state index in [9.17, 15) is 18.0 Å². The van der Waals surface area contributed by atoms with Crippen LogP contribution in [0.25, 0.3) is 0 Å². The highest BCUT2D eigenvalue weighted by molar-refractivity contribution is 7.92. The van der Waals surface area contributed by atoms with Gasteiger partial charge in [-0.05, 0) is 66.9 Å². The topological polar surface area (TPSA) is 86.8 Å². The molecule has 0 heterocycles. The largest absolute Gasteiger partial charge is 0.357 e. The number of nitrogens with one attached hydrogen (secondary N) is 1. The number of hydrogen-bond acceptors (Lipinski definition) is 4. The Morgan fingerprint density at radius 3 is 2.18 bits per heavy atom. The van der Waals surface area contributed by atoms with Crippen LogP contribution >= 0.6 is 34.8 Å². The summed E-state index contributed by atoms with van der Waals surface area (Å²) in [5.74, 6) is -0.934. The molecule has 7 nitrogen and oxygen atoms in total. The number of rotatable bonds is 10. The van der Waals surface area contributed by atoms with Crippen molar-refractivity contribution in [3.05, 3.63) is 92.9 Å². The van der Waals surface area contributed by atoms with Crippen LogP contribution in [0.4, 0.5) is 5.69 Å². The van der Waals surface area contributed by atoms with Crippen molar-refractivity contribution in [3.63, 3.8) is 0 Å². The van der Waals surface area contributed by atoms with Crippen molar-refractivity contribution in [1.82, 2.24) is 10.2 Å². The number of halogens is 3. The third kappa shape index (κ3) is 6.80. The van der Waals surface area contributed by atoms with Gasteiger partial charge in [0.1, 0.15) is 12.6 Å². The SMILES string of the molecule is CCC(C(=O)NC)N(Cc1ccc(Cl)c(Cl)c1)C(=O)CN(c1ccccc1C)S(=O)(=O)c1ccc(Cl)cc1. The lowest BCUT2D eigenvalue weighted by molar-refractivity contribution is -0.140. The van der Waals surface area contributed by atoms with Gasteiger partial charge in [0, 0.05) is 18.6 Å². The Balaban J connectivity index is 2.08. The Morgan fingerprint density at radius 2 is 1.61 bits per heavy atom. The molecule has 202 valence electrons. The molecular weight excluding hydrogens is 569 g/mol. The van der Waals surface area contributed by atoms with Crippen LogP contribution in [-0.2, 0) is 26.2 Å². The van der Waals surface area contributed by atoms with Crippen LogP contribution in [0.1, 0.15) is 24.5 Å². The molecule has 0 bridgehead atoms. The summed E-state index contributed by atoms with van der Waals surface area (Å²) in [5.41, 5.74) is 1.64. The monoisotopic (exact) mass is 595 g/mol. The molecule has 1 unspecified atom stereocenters. The van der Waals surface area contributed by atoms with E-state index >= 15 is 0 Å². The summed E-state index contributed by atoms with van der Waals surface area (Å²) in [7, 11) is -2.69. The lowest BCUT2D eigenvalue weighted by atomic mass is 10.1. The lowest BCUT2D eigenvalue weighted by Gasteiger charge is -2.33. The van der Waals surface area contributed by atoms with E-state index in [0.717, 1.165) is 4.31 Å². The van der Waals surface area contributed by atoms with E-state index in [1.54, 1.807) is 56.3 Å². The van der Waals surface area contributed by atoms with Crippen molar-refractivity contribution in [3.8, 4) is 0 Å². The molecular formula is C27H28Cl3N3O4S. The molecule has 3 rings (SSSR count). The molecule has 11 heteroatoms. The van der Waals surface area contributed by atoms with Gasteiger partial charge in [0.2, 0.25) is 11.8 Å². The number of carbonyl (C=O) groups is 2. The molecule has 0 saturated heterocycles. The van der Waals surface area contributed by atoms with Crippen LogP contribution in [-0.4, -0.2) is 44.8 Å². The van der Waals surface area contributed by atoms with Gasteiger partial charge in [0.05, 0.1) is 20.6 Å². The number of nitrogens with zero attached hydrogens (tertiary/aromatic N) is 2. The van der Waals surface area contributed by atoms with Crippen molar-refractivity contribution in [2.45, 2.75) is 37.8 Å². The van der Waals surface area contributed by atoms with Gasteiger partial charge in [-0.2, -0.15) is 0 Å². The average molecular weight is 597 g/mol. The second kappa shape index (κ2) is 12.8. The lowest BCUT2D eigenvalue weighted by Crippen LogP contribution is -2.51. The third-order valence-corrected chi connectivity index (χ3v) is 8.80. The number of anilines is 1. The van der Waals surface area contributed by atoms with Crippen LogP contribution < -0.4 is 9.62 Å². The van der Waals surface area contributed by atoms with E-state index < -0.39 is 28.5 Å². The first-order chi connectivity index (χ1) is 18.0. The van der Waals surface area contributed by atoms with Crippen molar-refractivity contribution in [1.29, 1.82) is 0 Å². The van der Waals surface area contributed by atoms with Gasteiger partial charge in [-0.3, -0.25) is 13.9 Å². The highest BCUT2D eigenvalue weighted by atomic mass is 35.5. The van der Waals surface area contributed by atoms with E-state index in [-0.39, 0.29) is 17.3 Å². The summed E-state index contributed by atoms with van der Waals surface area (Å²) in [5, 5.41) is 3.63. The summed E-state index contributed by atoms with van der Waals surface area (Å²) in [6.45, 7) is 3.02. The molecule has 3 aromatic rings. The standard InChI is InChI=1S/C27H28Cl3N3O4S/c1-4-24(27(35)31-3)32(16-19-9-14-22(29)23(30)15-19)26(34)17-33(25-8-6-5-7-18(25)2)38(36,37)21-12-10-20(28)11-13-21/h5-15,24H,4,16-17H2,1-3H3,(H,31,35). The Bertz CT molecular complexity index is 1420. The normalized spacial score (nSPS) is 12.1. The molecule has 0 aromatic heterocycles. The van der Waals surface area contributed by atoms with Crippen LogP contribution in [0.2, 0.25) is 15.1 Å². The maximum Gasteiger partial charge on any atom is 0.264 e. The fraction of sp³-hybridized carbons (Fsp3) is 0.259. The molecule has 0 aliphatic rings. The highest BCUT2D eigenvalue weighted by Gasteiger charge is 2.34. The molecule has 0 fully saturated rings. The minimum absolute atomic E-state index is 0.0181. The van der Waals surface area contributed by atoms with E-state index in [1.807, 2.05) is 0 Å². The fourth-order valence-electron chi connectivity index (χ4n) is 4.01. The number of sulfonamides is 1. The Kier molecular flexibility index (Phi) is 10.1. The maximum atomic E-state index is 13.9. The second-order valence-corrected chi connectivity index (χ2v) is 11.7. The molecule has 0 aliphatic carbocycles. The smallest absolute Gasteiger partial charge is 0.264 e. The molecule has 1 N–H and O–H groups in total. The predicted octanol–water partition coefficient (Wildman–Crippen LogP) is 5.70. The first kappa shape index (κ1) is 29.8. The summed E-state index contributed by atoms with van der Waals surface area (Å²) in [4.78, 5) is 28.0. The molecule has 38 heavy (non-hydrogen) atoms. The minimum atomic E-state index is -4.18. The maximum absolute atomic E-state index is 13.9. The van der Waals surface area contributed by atoms with E-state index in [0.29, 0.717) is 38.3 Å².